The lowest BCUT2D eigenvalue weighted by atomic mass is 9.82. The van der Waals surface area contributed by atoms with E-state index < -0.39 is 11.9 Å². The van der Waals surface area contributed by atoms with Crippen molar-refractivity contribution < 1.29 is 9.18 Å². The molecular formula is C19H26FN3O. The molecule has 4 nitrogen and oxygen atoms in total. The highest BCUT2D eigenvalue weighted by Gasteiger charge is 2.23. The summed E-state index contributed by atoms with van der Waals surface area (Å²) in [6, 6.07) is 7.70. The fraction of sp³-hybridized carbons (Fsp3) is 0.474. The minimum atomic E-state index is -0.620. The number of nitrogens with zero attached hydrogens (tertiary/aromatic N) is 2. The SMILES string of the molecule is Cc1nn(C)c(F)c1C(=O)Nc1ccccc1C(C)CC(C)(C)C. The number of nitrogens with one attached hydrogen (secondary N) is 1. The summed E-state index contributed by atoms with van der Waals surface area (Å²) < 4.78 is 15.2. The maximum absolute atomic E-state index is 14.1. The van der Waals surface area contributed by atoms with Crippen molar-refractivity contribution in [1.29, 1.82) is 0 Å². The summed E-state index contributed by atoms with van der Waals surface area (Å²) in [5.41, 5.74) is 2.34. The lowest BCUT2D eigenvalue weighted by Gasteiger charge is -2.25. The molecule has 0 bridgehead atoms. The Balaban J connectivity index is 2.29. The van der Waals surface area contributed by atoms with Gasteiger partial charge < -0.3 is 5.32 Å². The molecule has 24 heavy (non-hydrogen) atoms. The van der Waals surface area contributed by atoms with E-state index in [1.807, 2.05) is 24.3 Å². The minimum Gasteiger partial charge on any atom is -0.322 e. The number of hydrogen-bond acceptors (Lipinski definition) is 2. The van der Waals surface area contributed by atoms with Gasteiger partial charge >= 0.3 is 0 Å². The normalized spacial score (nSPS) is 13.0. The Kier molecular flexibility index (Phi) is 5.11. The zero-order chi connectivity index (χ0) is 18.1. The van der Waals surface area contributed by atoms with E-state index in [0.29, 0.717) is 5.69 Å². The van der Waals surface area contributed by atoms with Crippen LogP contribution in [0.5, 0.6) is 0 Å². The highest BCUT2D eigenvalue weighted by Crippen LogP contribution is 2.34. The molecule has 2 rings (SSSR count). The Hall–Kier alpha value is -2.17. The molecule has 0 saturated carbocycles. The predicted octanol–water partition coefficient (Wildman–Crippen LogP) is 4.66. The zero-order valence-electron chi connectivity index (χ0n) is 15.3. The van der Waals surface area contributed by atoms with Gasteiger partial charge in [0.2, 0.25) is 5.95 Å². The summed E-state index contributed by atoms with van der Waals surface area (Å²) in [4.78, 5) is 12.5. The third-order valence-corrected chi connectivity index (χ3v) is 4.04. The molecule has 1 aromatic heterocycles. The topological polar surface area (TPSA) is 46.9 Å². The quantitative estimate of drug-likeness (QED) is 0.885. The lowest BCUT2D eigenvalue weighted by molar-refractivity contribution is 0.102. The van der Waals surface area contributed by atoms with Crippen LogP contribution < -0.4 is 5.32 Å². The summed E-state index contributed by atoms with van der Waals surface area (Å²) in [7, 11) is 1.48. The van der Waals surface area contributed by atoms with Gasteiger partial charge in [0.15, 0.2) is 0 Å². The molecular weight excluding hydrogens is 305 g/mol. The third-order valence-electron chi connectivity index (χ3n) is 4.04. The van der Waals surface area contributed by atoms with Crippen molar-refractivity contribution in [2.45, 2.75) is 47.0 Å². The molecule has 1 N–H and O–H groups in total. The number of aryl methyl sites for hydroxylation is 2. The second-order valence-electron chi connectivity index (χ2n) is 7.58. The molecule has 1 unspecified atom stereocenters. The molecule has 0 aliphatic heterocycles. The molecule has 0 aliphatic carbocycles. The van der Waals surface area contributed by atoms with Crippen LogP contribution in [0.2, 0.25) is 0 Å². The number of amides is 1. The van der Waals surface area contributed by atoms with Crippen LogP contribution >= 0.6 is 0 Å². The summed E-state index contributed by atoms with van der Waals surface area (Å²) in [6.45, 7) is 10.4. The maximum Gasteiger partial charge on any atom is 0.262 e. The van der Waals surface area contributed by atoms with E-state index >= 15 is 0 Å². The highest BCUT2D eigenvalue weighted by molar-refractivity contribution is 6.05. The Bertz CT molecular complexity index is 744. The largest absolute Gasteiger partial charge is 0.322 e. The summed E-state index contributed by atoms with van der Waals surface area (Å²) in [5.74, 6) is -0.805. The maximum atomic E-state index is 14.1. The van der Waals surface area contributed by atoms with Gasteiger partial charge in [0.25, 0.3) is 5.91 Å². The van der Waals surface area contributed by atoms with E-state index in [2.05, 4.69) is 38.1 Å². The zero-order valence-corrected chi connectivity index (χ0v) is 15.3. The van der Waals surface area contributed by atoms with Crippen molar-refractivity contribution in [3.05, 3.63) is 47.0 Å². The number of carbonyl (C=O) groups is 1. The van der Waals surface area contributed by atoms with Crippen molar-refractivity contribution in [2.75, 3.05) is 5.32 Å². The number of anilines is 1. The average Bonchev–Trinajstić information content (AvgIpc) is 2.70. The molecule has 1 atom stereocenters. The van der Waals surface area contributed by atoms with Crippen LogP contribution in [-0.4, -0.2) is 15.7 Å². The van der Waals surface area contributed by atoms with Gasteiger partial charge in [-0.2, -0.15) is 9.49 Å². The van der Waals surface area contributed by atoms with Gasteiger partial charge in [0.05, 0.1) is 5.69 Å². The first-order valence-electron chi connectivity index (χ1n) is 8.19. The van der Waals surface area contributed by atoms with Gasteiger partial charge in [-0.25, -0.2) is 4.68 Å². The molecule has 0 fully saturated rings. The number of halogens is 1. The number of carbonyl (C=O) groups excluding carboxylic acids is 1. The first kappa shape index (κ1) is 18.2. The first-order chi connectivity index (χ1) is 11.1. The predicted molar refractivity (Wildman–Crippen MR) is 94.8 cm³/mol. The average molecular weight is 331 g/mol. The molecule has 0 aliphatic rings. The second-order valence-corrected chi connectivity index (χ2v) is 7.58. The van der Waals surface area contributed by atoms with Crippen molar-refractivity contribution in [3.8, 4) is 0 Å². The van der Waals surface area contributed by atoms with Gasteiger partial charge in [-0.05, 0) is 36.3 Å². The van der Waals surface area contributed by atoms with Gasteiger partial charge in [-0.1, -0.05) is 45.9 Å². The van der Waals surface area contributed by atoms with Gasteiger partial charge in [0.1, 0.15) is 5.56 Å². The number of aromatic nitrogens is 2. The van der Waals surface area contributed by atoms with E-state index in [-0.39, 0.29) is 16.9 Å². The van der Waals surface area contributed by atoms with Crippen LogP contribution in [0.25, 0.3) is 0 Å². The lowest BCUT2D eigenvalue weighted by Crippen LogP contribution is -2.17. The van der Waals surface area contributed by atoms with Crippen LogP contribution in [0.3, 0.4) is 0 Å². The van der Waals surface area contributed by atoms with Gasteiger partial charge in [-0.15, -0.1) is 0 Å². The van der Waals surface area contributed by atoms with Gasteiger partial charge in [-0.3, -0.25) is 4.79 Å². The number of para-hydroxylation sites is 1. The molecule has 0 spiro atoms. The Morgan fingerprint density at radius 1 is 1.33 bits per heavy atom. The van der Waals surface area contributed by atoms with E-state index in [4.69, 9.17) is 0 Å². The number of benzene rings is 1. The Labute approximate surface area is 143 Å². The molecule has 1 amide bonds. The number of rotatable bonds is 4. The summed E-state index contributed by atoms with van der Waals surface area (Å²) >= 11 is 0. The molecule has 0 radical (unpaired) electrons. The smallest absolute Gasteiger partial charge is 0.262 e. The van der Waals surface area contributed by atoms with Crippen molar-refractivity contribution in [2.24, 2.45) is 12.5 Å². The number of hydrogen-bond donors (Lipinski definition) is 1. The molecule has 0 saturated heterocycles. The van der Waals surface area contributed by atoms with E-state index in [0.717, 1.165) is 22.4 Å². The second kappa shape index (κ2) is 6.75. The van der Waals surface area contributed by atoms with E-state index in [1.54, 1.807) is 6.92 Å². The fourth-order valence-electron chi connectivity index (χ4n) is 3.14. The molecule has 1 aromatic carbocycles. The third kappa shape index (κ3) is 4.02. The monoisotopic (exact) mass is 331 g/mol. The Morgan fingerprint density at radius 3 is 2.50 bits per heavy atom. The van der Waals surface area contributed by atoms with Crippen molar-refractivity contribution in [1.82, 2.24) is 9.78 Å². The van der Waals surface area contributed by atoms with Crippen LogP contribution in [0.4, 0.5) is 10.1 Å². The van der Waals surface area contributed by atoms with Crippen molar-refractivity contribution >= 4 is 11.6 Å². The molecule has 130 valence electrons. The van der Waals surface area contributed by atoms with Crippen LogP contribution in [0, 0.1) is 18.3 Å². The van der Waals surface area contributed by atoms with Gasteiger partial charge in [0, 0.05) is 12.7 Å². The van der Waals surface area contributed by atoms with E-state index in [9.17, 15) is 9.18 Å². The Morgan fingerprint density at radius 2 is 1.96 bits per heavy atom. The molecule has 1 heterocycles. The fourth-order valence-corrected chi connectivity index (χ4v) is 3.14. The van der Waals surface area contributed by atoms with E-state index in [1.165, 1.54) is 7.05 Å². The first-order valence-corrected chi connectivity index (χ1v) is 8.19. The van der Waals surface area contributed by atoms with Crippen LogP contribution in [0.1, 0.15) is 61.6 Å². The van der Waals surface area contributed by atoms with Crippen LogP contribution in [0.15, 0.2) is 24.3 Å². The standard InChI is InChI=1S/C19H26FN3O/c1-12(11-19(3,4)5)14-9-7-8-10-15(14)21-18(24)16-13(2)22-23(6)17(16)20/h7-10,12H,11H2,1-6H3,(H,21,24). The van der Waals surface area contributed by atoms with Crippen LogP contribution in [-0.2, 0) is 7.05 Å². The summed E-state index contributed by atoms with van der Waals surface area (Å²) in [6.07, 6.45) is 0.986. The highest BCUT2D eigenvalue weighted by atomic mass is 19.1. The minimum absolute atomic E-state index is 0.00391. The molecule has 5 heteroatoms. The molecule has 2 aromatic rings. The summed E-state index contributed by atoms with van der Waals surface area (Å²) in [5, 5.41) is 6.82. The van der Waals surface area contributed by atoms with Crippen molar-refractivity contribution in [3.63, 3.8) is 0 Å².